The minimum absolute atomic E-state index is 0.907. The van der Waals surface area contributed by atoms with Gasteiger partial charge in [0.05, 0.1) is 16.7 Å². The average molecular weight is 434 g/mol. The Balaban J connectivity index is 1.50. The fourth-order valence-electron chi connectivity index (χ4n) is 5.74. The van der Waals surface area contributed by atoms with Crippen molar-refractivity contribution in [3.05, 3.63) is 115 Å². The Kier molecular flexibility index (Phi) is 3.42. The van der Waals surface area contributed by atoms with Gasteiger partial charge >= 0.3 is 0 Å². The van der Waals surface area contributed by atoms with E-state index in [0.717, 1.165) is 22.7 Å². The molecule has 6 aromatic carbocycles. The van der Waals surface area contributed by atoms with E-state index in [2.05, 4.69) is 120 Å². The summed E-state index contributed by atoms with van der Waals surface area (Å²) in [5.41, 5.74) is 5.78. The highest BCUT2D eigenvalue weighted by Crippen LogP contribution is 2.51. The topological polar surface area (TPSA) is 14.2 Å². The molecule has 2 nitrogen and oxygen atoms in total. The average Bonchev–Trinajstić information content (AvgIpc) is 3.23. The first-order valence-electron chi connectivity index (χ1n) is 11.6. The summed E-state index contributed by atoms with van der Waals surface area (Å²) in [4.78, 5) is 0. The summed E-state index contributed by atoms with van der Waals surface area (Å²) in [5, 5.41) is 7.38. The van der Waals surface area contributed by atoms with Crippen molar-refractivity contribution < 1.29 is 4.74 Å². The van der Waals surface area contributed by atoms with Crippen LogP contribution in [0.2, 0.25) is 0 Å². The molecule has 0 saturated carbocycles. The number of benzene rings is 6. The summed E-state index contributed by atoms with van der Waals surface area (Å²) in [7, 11) is 0. The summed E-state index contributed by atoms with van der Waals surface area (Å²) in [6.07, 6.45) is 0. The third kappa shape index (κ3) is 2.24. The lowest BCUT2D eigenvalue weighted by Gasteiger charge is -2.25. The molecule has 1 aromatic heterocycles. The second kappa shape index (κ2) is 6.49. The summed E-state index contributed by atoms with van der Waals surface area (Å²) in [6, 6.07) is 41.0. The van der Waals surface area contributed by atoms with Gasteiger partial charge in [-0.25, -0.2) is 0 Å². The highest BCUT2D eigenvalue weighted by Gasteiger charge is 2.25. The van der Waals surface area contributed by atoms with Crippen molar-refractivity contribution in [2.45, 2.75) is 0 Å². The molecule has 0 amide bonds. The Morgan fingerprint density at radius 2 is 1.12 bits per heavy atom. The van der Waals surface area contributed by atoms with Gasteiger partial charge < -0.3 is 9.30 Å². The van der Waals surface area contributed by atoms with Crippen LogP contribution in [0, 0.1) is 0 Å². The molecule has 0 radical (unpaired) electrons. The van der Waals surface area contributed by atoms with Crippen molar-refractivity contribution in [2.75, 3.05) is 0 Å². The number of nitrogens with zero attached hydrogens (tertiary/aromatic N) is 1. The van der Waals surface area contributed by atoms with E-state index in [0.29, 0.717) is 0 Å². The van der Waals surface area contributed by atoms with Gasteiger partial charge in [0.1, 0.15) is 5.75 Å². The summed E-state index contributed by atoms with van der Waals surface area (Å²) >= 11 is 0. The number of aromatic nitrogens is 1. The van der Waals surface area contributed by atoms with Crippen molar-refractivity contribution in [2.24, 2.45) is 0 Å². The third-order valence-corrected chi connectivity index (χ3v) is 7.17. The van der Waals surface area contributed by atoms with Crippen molar-refractivity contribution in [3.63, 3.8) is 0 Å². The second-order valence-corrected chi connectivity index (χ2v) is 8.95. The number of hydrogen-bond donors (Lipinski definition) is 0. The zero-order chi connectivity index (χ0) is 22.2. The first kappa shape index (κ1) is 17.9. The molecular formula is C32H19NO. The molecule has 8 rings (SSSR count). The van der Waals surface area contributed by atoms with Crippen LogP contribution in [0.3, 0.4) is 0 Å². The lowest BCUT2D eigenvalue weighted by atomic mass is 9.91. The highest BCUT2D eigenvalue weighted by molar-refractivity contribution is 6.17. The molecule has 0 unspecified atom stereocenters. The normalized spacial score (nSPS) is 12.4. The maximum Gasteiger partial charge on any atom is 0.159 e. The molecule has 0 N–H and O–H groups in total. The number of ether oxygens (including phenoxy) is 1. The van der Waals surface area contributed by atoms with Crippen LogP contribution in [-0.2, 0) is 0 Å². The Hall–Kier alpha value is -4.56. The molecule has 1 aliphatic rings. The second-order valence-electron chi connectivity index (χ2n) is 8.95. The lowest BCUT2D eigenvalue weighted by molar-refractivity contribution is 0.485. The Morgan fingerprint density at radius 3 is 1.91 bits per heavy atom. The molecule has 2 heterocycles. The lowest BCUT2D eigenvalue weighted by Crippen LogP contribution is -2.03. The van der Waals surface area contributed by atoms with Crippen molar-refractivity contribution in [1.82, 2.24) is 4.57 Å². The molecule has 0 atom stereocenters. The molecule has 0 saturated heterocycles. The summed E-state index contributed by atoms with van der Waals surface area (Å²) < 4.78 is 9.13. The van der Waals surface area contributed by atoms with Crippen molar-refractivity contribution >= 4 is 43.4 Å². The minimum atomic E-state index is 0.907. The van der Waals surface area contributed by atoms with Crippen LogP contribution < -0.4 is 4.74 Å². The third-order valence-electron chi connectivity index (χ3n) is 7.17. The molecule has 2 heteroatoms. The Morgan fingerprint density at radius 1 is 0.500 bits per heavy atom. The van der Waals surface area contributed by atoms with Gasteiger partial charge in [-0.2, -0.15) is 0 Å². The molecule has 0 bridgehead atoms. The van der Waals surface area contributed by atoms with Crippen LogP contribution in [0.4, 0.5) is 0 Å². The predicted octanol–water partition coefficient (Wildman–Crippen LogP) is 8.86. The zero-order valence-corrected chi connectivity index (χ0v) is 18.3. The van der Waals surface area contributed by atoms with Crippen LogP contribution in [-0.4, -0.2) is 4.57 Å². The van der Waals surface area contributed by atoms with Gasteiger partial charge in [0.2, 0.25) is 0 Å². The molecule has 0 aliphatic carbocycles. The van der Waals surface area contributed by atoms with Gasteiger partial charge in [-0.05, 0) is 46.0 Å². The SMILES string of the molecule is c1cc2c(c(-n3c4ccccc4c4ccccc43)c1)Oc1cc3ccccc3c3cccc-2c13. The van der Waals surface area contributed by atoms with Crippen LogP contribution >= 0.6 is 0 Å². The van der Waals surface area contributed by atoms with E-state index >= 15 is 0 Å². The van der Waals surface area contributed by atoms with E-state index in [1.807, 2.05) is 0 Å². The van der Waals surface area contributed by atoms with Crippen LogP contribution in [0.25, 0.3) is 60.2 Å². The standard InChI is InChI=1S/C32H19NO/c1-2-10-21-20(9-1)19-30-31-24(21)13-7-14-25(31)26-15-8-18-29(32(26)34-30)33-27-16-5-3-11-22(27)23-12-4-6-17-28(23)33/h1-19H. The molecule has 34 heavy (non-hydrogen) atoms. The van der Waals surface area contributed by atoms with E-state index in [1.54, 1.807) is 0 Å². The molecule has 1 aliphatic heterocycles. The van der Waals surface area contributed by atoms with E-state index in [1.165, 1.54) is 48.9 Å². The van der Waals surface area contributed by atoms with Gasteiger partial charge in [-0.1, -0.05) is 91.0 Å². The fraction of sp³-hybridized carbons (Fsp3) is 0. The Bertz CT molecular complexity index is 1890. The summed E-state index contributed by atoms with van der Waals surface area (Å²) in [5.74, 6) is 1.83. The van der Waals surface area contributed by atoms with Gasteiger partial charge in [-0.15, -0.1) is 0 Å². The molecule has 0 fully saturated rings. The van der Waals surface area contributed by atoms with E-state index in [9.17, 15) is 0 Å². The van der Waals surface area contributed by atoms with E-state index < -0.39 is 0 Å². The largest absolute Gasteiger partial charge is 0.454 e. The van der Waals surface area contributed by atoms with Gasteiger partial charge in [0.15, 0.2) is 5.75 Å². The zero-order valence-electron chi connectivity index (χ0n) is 18.3. The molecule has 0 spiro atoms. The van der Waals surface area contributed by atoms with Crippen molar-refractivity contribution in [3.8, 4) is 28.3 Å². The maximum absolute atomic E-state index is 6.79. The first-order chi connectivity index (χ1) is 16.9. The minimum Gasteiger partial charge on any atom is -0.454 e. The quantitative estimate of drug-likeness (QED) is 0.236. The van der Waals surface area contributed by atoms with Gasteiger partial charge in [-0.3, -0.25) is 0 Å². The highest BCUT2D eigenvalue weighted by atomic mass is 16.5. The van der Waals surface area contributed by atoms with Gasteiger partial charge in [0, 0.05) is 21.7 Å². The Labute approximate surface area is 196 Å². The van der Waals surface area contributed by atoms with E-state index in [4.69, 9.17) is 4.74 Å². The van der Waals surface area contributed by atoms with Crippen LogP contribution in [0.5, 0.6) is 11.5 Å². The fourth-order valence-corrected chi connectivity index (χ4v) is 5.74. The maximum atomic E-state index is 6.79. The van der Waals surface area contributed by atoms with E-state index in [-0.39, 0.29) is 0 Å². The first-order valence-corrected chi connectivity index (χ1v) is 11.6. The molecule has 7 aromatic rings. The predicted molar refractivity (Wildman–Crippen MR) is 141 cm³/mol. The smallest absolute Gasteiger partial charge is 0.159 e. The number of fused-ring (bicyclic) bond motifs is 7. The monoisotopic (exact) mass is 433 g/mol. The summed E-state index contributed by atoms with van der Waals surface area (Å²) in [6.45, 7) is 0. The number of para-hydroxylation sites is 3. The van der Waals surface area contributed by atoms with Crippen LogP contribution in [0.1, 0.15) is 0 Å². The molecule has 158 valence electrons. The van der Waals surface area contributed by atoms with Crippen molar-refractivity contribution in [1.29, 1.82) is 0 Å². The molecular weight excluding hydrogens is 414 g/mol. The number of rotatable bonds is 1. The van der Waals surface area contributed by atoms with Crippen LogP contribution in [0.15, 0.2) is 115 Å². The number of hydrogen-bond acceptors (Lipinski definition) is 1. The van der Waals surface area contributed by atoms with Gasteiger partial charge in [0.25, 0.3) is 0 Å².